The number of hydrogen-bond donors (Lipinski definition) is 2. The maximum absolute atomic E-state index is 9.84. The SMILES string of the molecule is CCn1cc(-c2cnc3c(Nc4cc(CN5CCCC(C)C5)ns4)nc(C)cn23)cn1.O=CNc1cccnc1. The van der Waals surface area contributed by atoms with Crippen molar-refractivity contribution in [1.29, 1.82) is 0 Å². The molecule has 5 aromatic heterocycles. The average molecular weight is 559 g/mol. The third-order valence-electron chi connectivity index (χ3n) is 6.68. The Labute approximate surface area is 237 Å². The number of anilines is 3. The second-order valence-corrected chi connectivity index (χ2v) is 10.8. The normalized spacial score (nSPS) is 15.4. The molecule has 0 radical (unpaired) electrons. The second kappa shape index (κ2) is 12.8. The molecule has 6 rings (SSSR count). The van der Waals surface area contributed by atoms with Gasteiger partial charge in [0, 0.05) is 43.8 Å². The number of amides is 1. The van der Waals surface area contributed by atoms with E-state index in [4.69, 9.17) is 4.98 Å². The number of nitrogens with one attached hydrogen (secondary N) is 2. The van der Waals surface area contributed by atoms with Crippen LogP contribution in [0.1, 0.15) is 38.1 Å². The minimum atomic E-state index is 0.622. The molecule has 0 saturated carbocycles. The lowest BCUT2D eigenvalue weighted by molar-refractivity contribution is -0.105. The average Bonchev–Trinajstić information content (AvgIpc) is 3.70. The van der Waals surface area contributed by atoms with Crippen LogP contribution in [0.3, 0.4) is 0 Å². The molecule has 2 N–H and O–H groups in total. The lowest BCUT2D eigenvalue weighted by Crippen LogP contribution is -2.33. The molecule has 1 unspecified atom stereocenters. The number of nitrogens with zero attached hydrogens (tertiary/aromatic N) is 8. The molecule has 1 saturated heterocycles. The number of carbonyl (C=O) groups is 1. The maximum atomic E-state index is 9.84. The summed E-state index contributed by atoms with van der Waals surface area (Å²) in [5, 5.41) is 11.3. The van der Waals surface area contributed by atoms with Crippen LogP contribution in [0.25, 0.3) is 16.9 Å². The number of piperidine rings is 1. The Balaban J connectivity index is 0.000000306. The van der Waals surface area contributed by atoms with Gasteiger partial charge in [0.15, 0.2) is 11.5 Å². The second-order valence-electron chi connectivity index (χ2n) is 9.95. The van der Waals surface area contributed by atoms with Crippen LogP contribution in [0, 0.1) is 12.8 Å². The van der Waals surface area contributed by atoms with E-state index in [1.165, 1.54) is 24.4 Å². The molecule has 208 valence electrons. The summed E-state index contributed by atoms with van der Waals surface area (Å²) in [7, 11) is 0. The highest BCUT2D eigenvalue weighted by Gasteiger charge is 2.18. The molecule has 1 amide bonds. The molecule has 0 aliphatic carbocycles. The molecular formula is C28H34N10OS. The Hall–Kier alpha value is -4.16. The standard InChI is InChI=1S/C22H28N8S.C6H6N2O/c1-4-29-13-17(9-24-29)19-10-23-22-21(25-16(3)12-30(19)22)26-20-8-18(27-31-20)14-28-7-5-6-15(2)11-28;9-5-8-6-2-1-3-7-4-6/h8-10,12-13,15H,4-7,11,14H2,1-3H3,(H,25,26);1-5H,(H,8,9). The van der Waals surface area contributed by atoms with Gasteiger partial charge in [0.1, 0.15) is 5.00 Å². The van der Waals surface area contributed by atoms with E-state index in [1.807, 2.05) is 36.4 Å². The number of rotatable bonds is 8. The summed E-state index contributed by atoms with van der Waals surface area (Å²) >= 11 is 1.48. The van der Waals surface area contributed by atoms with Gasteiger partial charge in [-0.3, -0.25) is 23.8 Å². The van der Waals surface area contributed by atoms with Gasteiger partial charge in [0.05, 0.1) is 41.4 Å². The van der Waals surface area contributed by atoms with E-state index in [0.717, 1.165) is 71.2 Å². The van der Waals surface area contributed by atoms with Gasteiger partial charge >= 0.3 is 0 Å². The molecule has 11 nitrogen and oxygen atoms in total. The summed E-state index contributed by atoms with van der Waals surface area (Å²) in [5.74, 6) is 1.52. The summed E-state index contributed by atoms with van der Waals surface area (Å²) in [6.45, 7) is 10.5. The fourth-order valence-electron chi connectivity index (χ4n) is 4.81. The molecule has 1 atom stereocenters. The number of aromatic nitrogens is 7. The quantitative estimate of drug-likeness (QED) is 0.255. The number of hydrogen-bond acceptors (Lipinski definition) is 9. The van der Waals surface area contributed by atoms with E-state index in [1.54, 1.807) is 24.5 Å². The largest absolute Gasteiger partial charge is 0.328 e. The first-order valence-corrected chi connectivity index (χ1v) is 14.2. The molecule has 6 heterocycles. The summed E-state index contributed by atoms with van der Waals surface area (Å²) in [6.07, 6.45) is 14.3. The van der Waals surface area contributed by atoms with Gasteiger partial charge in [-0.15, -0.1) is 0 Å². The van der Waals surface area contributed by atoms with Gasteiger partial charge < -0.3 is 10.6 Å². The Kier molecular flexibility index (Phi) is 8.77. The lowest BCUT2D eigenvalue weighted by Gasteiger charge is -2.30. The predicted molar refractivity (Wildman–Crippen MR) is 158 cm³/mol. The van der Waals surface area contributed by atoms with Gasteiger partial charge in [0.25, 0.3) is 0 Å². The lowest BCUT2D eigenvalue weighted by atomic mass is 10.0. The molecule has 1 fully saturated rings. The predicted octanol–water partition coefficient (Wildman–Crippen LogP) is 5.00. The molecule has 5 aromatic rings. The zero-order valence-corrected chi connectivity index (χ0v) is 23.8. The maximum Gasteiger partial charge on any atom is 0.211 e. The number of aryl methyl sites for hydroxylation is 2. The smallest absolute Gasteiger partial charge is 0.211 e. The van der Waals surface area contributed by atoms with Crippen molar-refractivity contribution in [3.05, 3.63) is 66.8 Å². The number of pyridine rings is 1. The summed E-state index contributed by atoms with van der Waals surface area (Å²) in [5.41, 5.74) is 5.59. The number of imidazole rings is 1. The van der Waals surface area contributed by atoms with Crippen molar-refractivity contribution < 1.29 is 4.79 Å². The van der Waals surface area contributed by atoms with Crippen molar-refractivity contribution in [2.24, 2.45) is 5.92 Å². The van der Waals surface area contributed by atoms with Gasteiger partial charge in [0.2, 0.25) is 6.41 Å². The Morgan fingerprint density at radius 1 is 1.23 bits per heavy atom. The Bertz CT molecular complexity index is 1540. The first-order valence-electron chi connectivity index (χ1n) is 13.4. The van der Waals surface area contributed by atoms with Crippen molar-refractivity contribution >= 4 is 40.1 Å². The van der Waals surface area contributed by atoms with E-state index in [0.29, 0.717) is 12.1 Å². The van der Waals surface area contributed by atoms with E-state index >= 15 is 0 Å². The molecular weight excluding hydrogens is 524 g/mol. The fraction of sp³-hybridized carbons (Fsp3) is 0.357. The third-order valence-corrected chi connectivity index (χ3v) is 7.42. The fourth-order valence-corrected chi connectivity index (χ4v) is 5.47. The topological polar surface area (TPSA) is 118 Å². The van der Waals surface area contributed by atoms with Crippen LogP contribution in [-0.4, -0.2) is 57.9 Å². The Morgan fingerprint density at radius 3 is 2.88 bits per heavy atom. The molecule has 40 heavy (non-hydrogen) atoms. The minimum Gasteiger partial charge on any atom is -0.328 e. The Morgan fingerprint density at radius 2 is 2.12 bits per heavy atom. The molecule has 0 bridgehead atoms. The van der Waals surface area contributed by atoms with Crippen LogP contribution in [-0.2, 0) is 17.9 Å². The van der Waals surface area contributed by atoms with Crippen LogP contribution in [0.5, 0.6) is 0 Å². The molecule has 0 spiro atoms. The van der Waals surface area contributed by atoms with Crippen LogP contribution in [0.4, 0.5) is 16.5 Å². The highest BCUT2D eigenvalue weighted by Crippen LogP contribution is 2.28. The molecule has 1 aliphatic heterocycles. The first-order chi connectivity index (χ1) is 19.5. The molecule has 0 aromatic carbocycles. The van der Waals surface area contributed by atoms with Crippen LogP contribution < -0.4 is 10.6 Å². The van der Waals surface area contributed by atoms with Gasteiger partial charge in [-0.2, -0.15) is 9.47 Å². The van der Waals surface area contributed by atoms with E-state index < -0.39 is 0 Å². The van der Waals surface area contributed by atoms with Gasteiger partial charge in [-0.05, 0) is 68.9 Å². The van der Waals surface area contributed by atoms with Crippen molar-refractivity contribution in [2.75, 3.05) is 23.7 Å². The third kappa shape index (κ3) is 6.69. The molecule has 1 aliphatic rings. The number of likely N-dealkylation sites (tertiary alicyclic amines) is 1. The van der Waals surface area contributed by atoms with Crippen LogP contribution >= 0.6 is 11.5 Å². The summed E-state index contributed by atoms with van der Waals surface area (Å²) in [4.78, 5) is 25.5. The van der Waals surface area contributed by atoms with Crippen molar-refractivity contribution in [2.45, 2.75) is 46.7 Å². The van der Waals surface area contributed by atoms with Crippen LogP contribution in [0.2, 0.25) is 0 Å². The molecule has 12 heteroatoms. The summed E-state index contributed by atoms with van der Waals surface area (Å²) < 4.78 is 8.67. The highest BCUT2D eigenvalue weighted by molar-refractivity contribution is 7.10. The first kappa shape index (κ1) is 27.4. The van der Waals surface area contributed by atoms with Crippen molar-refractivity contribution in [1.82, 2.24) is 38.4 Å². The van der Waals surface area contributed by atoms with Crippen molar-refractivity contribution in [3.63, 3.8) is 0 Å². The zero-order valence-electron chi connectivity index (χ0n) is 23.0. The van der Waals surface area contributed by atoms with Gasteiger partial charge in [-0.1, -0.05) is 6.92 Å². The van der Waals surface area contributed by atoms with Crippen LogP contribution in [0.15, 0.2) is 55.4 Å². The zero-order chi connectivity index (χ0) is 27.9. The highest BCUT2D eigenvalue weighted by atomic mass is 32.1. The van der Waals surface area contributed by atoms with E-state index in [-0.39, 0.29) is 0 Å². The van der Waals surface area contributed by atoms with E-state index in [9.17, 15) is 4.79 Å². The monoisotopic (exact) mass is 558 g/mol. The number of fused-ring (bicyclic) bond motifs is 1. The number of carbonyl (C=O) groups excluding carboxylic acids is 1. The van der Waals surface area contributed by atoms with Crippen molar-refractivity contribution in [3.8, 4) is 11.3 Å². The van der Waals surface area contributed by atoms with Gasteiger partial charge in [-0.25, -0.2) is 9.97 Å². The summed E-state index contributed by atoms with van der Waals surface area (Å²) in [6, 6.07) is 5.66. The van der Waals surface area contributed by atoms with E-state index in [2.05, 4.69) is 59.3 Å². The minimum absolute atomic E-state index is 0.622.